The molecule has 0 unspecified atom stereocenters. The van der Waals surface area contributed by atoms with E-state index in [0.717, 1.165) is 0 Å². The van der Waals surface area contributed by atoms with E-state index in [0.29, 0.717) is 21.9 Å². The van der Waals surface area contributed by atoms with Gasteiger partial charge in [-0.25, -0.2) is 18.8 Å². The molecule has 0 aliphatic carbocycles. The van der Waals surface area contributed by atoms with Crippen molar-refractivity contribution in [1.29, 1.82) is 0 Å². The molecule has 0 bridgehead atoms. The molecule has 0 amide bonds. The monoisotopic (exact) mass is 426 g/mol. The number of nitrogen functional groups attached to an aromatic ring is 1. The first kappa shape index (κ1) is 19.6. The molecule has 0 saturated carbocycles. The van der Waals surface area contributed by atoms with E-state index in [-0.39, 0.29) is 28.3 Å². The second kappa shape index (κ2) is 7.95. The molecule has 30 heavy (non-hydrogen) atoms. The average Bonchev–Trinajstić information content (AvgIpc) is 3.11. The molecule has 0 fully saturated rings. The van der Waals surface area contributed by atoms with Gasteiger partial charge in [0.1, 0.15) is 11.6 Å². The maximum absolute atomic E-state index is 14.0. The summed E-state index contributed by atoms with van der Waals surface area (Å²) in [4.78, 5) is 31.1. The summed E-state index contributed by atoms with van der Waals surface area (Å²) >= 11 is 1.17. The van der Waals surface area contributed by atoms with Gasteiger partial charge in [0.05, 0.1) is 34.9 Å². The van der Waals surface area contributed by atoms with Crippen molar-refractivity contribution in [2.75, 3.05) is 13.0 Å². The van der Waals surface area contributed by atoms with Crippen LogP contribution in [0.25, 0.3) is 22.3 Å². The molecule has 9 nitrogen and oxygen atoms in total. The van der Waals surface area contributed by atoms with Crippen molar-refractivity contribution in [1.82, 2.24) is 24.8 Å². The fourth-order valence-electron chi connectivity index (χ4n) is 2.84. The van der Waals surface area contributed by atoms with Gasteiger partial charge >= 0.3 is 5.97 Å². The Bertz CT molecular complexity index is 1320. The minimum absolute atomic E-state index is 0.179. The van der Waals surface area contributed by atoms with Crippen LogP contribution >= 0.6 is 11.8 Å². The number of halogens is 1. The van der Waals surface area contributed by atoms with Crippen molar-refractivity contribution in [3.63, 3.8) is 0 Å². The highest BCUT2D eigenvalue weighted by molar-refractivity contribution is 7.98. The van der Waals surface area contributed by atoms with Gasteiger partial charge in [0.2, 0.25) is 5.16 Å². The number of hydrogen-bond acceptors (Lipinski definition) is 8. The summed E-state index contributed by atoms with van der Waals surface area (Å²) in [6.45, 7) is 0. The summed E-state index contributed by atoms with van der Waals surface area (Å²) in [6.07, 6.45) is 0. The number of esters is 1. The maximum Gasteiger partial charge on any atom is 0.337 e. The molecule has 2 aromatic carbocycles. The molecule has 2 aromatic heterocycles. The van der Waals surface area contributed by atoms with E-state index >= 15 is 0 Å². The first-order chi connectivity index (χ1) is 14.5. The van der Waals surface area contributed by atoms with Gasteiger partial charge in [-0.2, -0.15) is 0 Å². The number of carbonyl (C=O) groups is 1. The fraction of sp³-hybridized carbons (Fsp3) is 0.105. The van der Waals surface area contributed by atoms with Crippen molar-refractivity contribution in [2.24, 2.45) is 0 Å². The van der Waals surface area contributed by atoms with Crippen LogP contribution in [0.15, 0.2) is 52.4 Å². The predicted octanol–water partition coefficient (Wildman–Crippen LogP) is 2.11. The molecule has 3 N–H and O–H groups in total. The largest absolute Gasteiger partial charge is 0.465 e. The second-order valence-corrected chi connectivity index (χ2v) is 7.12. The van der Waals surface area contributed by atoms with Crippen molar-refractivity contribution >= 4 is 28.6 Å². The Morgan fingerprint density at radius 3 is 2.83 bits per heavy atom. The molecule has 0 aliphatic rings. The van der Waals surface area contributed by atoms with Crippen LogP contribution in [0.4, 0.5) is 4.39 Å². The Hall–Kier alpha value is -3.73. The molecule has 4 aromatic rings. The van der Waals surface area contributed by atoms with Crippen molar-refractivity contribution in [3.05, 3.63) is 70.0 Å². The summed E-state index contributed by atoms with van der Waals surface area (Å²) in [6, 6.07) is 10.6. The van der Waals surface area contributed by atoms with Gasteiger partial charge in [0.25, 0.3) is 5.56 Å². The van der Waals surface area contributed by atoms with Crippen LogP contribution in [0.2, 0.25) is 0 Å². The van der Waals surface area contributed by atoms with Gasteiger partial charge < -0.3 is 15.6 Å². The summed E-state index contributed by atoms with van der Waals surface area (Å²) in [5.41, 5.74) is 0.539. The highest BCUT2D eigenvalue weighted by Gasteiger charge is 2.16. The van der Waals surface area contributed by atoms with Crippen molar-refractivity contribution in [3.8, 4) is 11.4 Å². The predicted molar refractivity (Wildman–Crippen MR) is 109 cm³/mol. The number of aromatic nitrogens is 5. The molecule has 11 heteroatoms. The van der Waals surface area contributed by atoms with Crippen LogP contribution in [0.5, 0.6) is 0 Å². The number of carbonyl (C=O) groups excluding carboxylic acids is 1. The van der Waals surface area contributed by atoms with Crippen LogP contribution in [0, 0.1) is 5.82 Å². The average molecular weight is 426 g/mol. The standard InChI is InChI=1S/C19H15FN6O3S/c1-29-18(28)10-6-7-12-14(8-10)22-15(23-17(12)27)9-30-19-25-24-16(26(19)21)11-4-2-3-5-13(11)20/h2-8H,9,21H2,1H3,(H,22,23,27). The van der Waals surface area contributed by atoms with Gasteiger partial charge in [-0.15, -0.1) is 10.2 Å². The number of hydrogen-bond donors (Lipinski definition) is 2. The minimum Gasteiger partial charge on any atom is -0.465 e. The lowest BCUT2D eigenvalue weighted by atomic mass is 10.1. The summed E-state index contributed by atoms with van der Waals surface area (Å²) in [7, 11) is 1.28. The molecular formula is C19H15FN6O3S. The lowest BCUT2D eigenvalue weighted by Crippen LogP contribution is -2.14. The van der Waals surface area contributed by atoms with Gasteiger partial charge in [-0.05, 0) is 30.3 Å². The molecule has 0 saturated heterocycles. The summed E-state index contributed by atoms with van der Waals surface area (Å²) < 4.78 is 19.9. The van der Waals surface area contributed by atoms with E-state index in [1.54, 1.807) is 18.2 Å². The quantitative estimate of drug-likeness (QED) is 0.282. The van der Waals surface area contributed by atoms with Crippen LogP contribution in [0.1, 0.15) is 16.2 Å². The third-order valence-corrected chi connectivity index (χ3v) is 5.25. The Morgan fingerprint density at radius 1 is 1.27 bits per heavy atom. The van der Waals surface area contributed by atoms with Gasteiger partial charge in [0.15, 0.2) is 5.82 Å². The number of rotatable bonds is 5. The zero-order chi connectivity index (χ0) is 21.3. The topological polar surface area (TPSA) is 129 Å². The molecule has 2 heterocycles. The van der Waals surface area contributed by atoms with Crippen LogP contribution in [0.3, 0.4) is 0 Å². The molecule has 4 rings (SSSR count). The number of methoxy groups -OCH3 is 1. The fourth-order valence-corrected chi connectivity index (χ4v) is 3.56. The normalized spacial score (nSPS) is 11.0. The molecule has 0 atom stereocenters. The Balaban J connectivity index is 1.60. The molecular weight excluding hydrogens is 411 g/mol. The van der Waals surface area contributed by atoms with Gasteiger partial charge in [-0.3, -0.25) is 4.79 Å². The zero-order valence-electron chi connectivity index (χ0n) is 15.6. The number of aromatic amines is 1. The number of nitrogens with one attached hydrogen (secondary N) is 1. The Kier molecular flexibility index (Phi) is 5.19. The van der Waals surface area contributed by atoms with E-state index in [1.165, 1.54) is 47.8 Å². The number of ether oxygens (including phenoxy) is 1. The third kappa shape index (κ3) is 3.62. The molecule has 0 spiro atoms. The number of benzene rings is 2. The highest BCUT2D eigenvalue weighted by atomic mass is 32.2. The van der Waals surface area contributed by atoms with Gasteiger partial charge in [0, 0.05) is 0 Å². The lowest BCUT2D eigenvalue weighted by Gasteiger charge is -2.06. The second-order valence-electron chi connectivity index (χ2n) is 6.18. The number of H-pyrrole nitrogens is 1. The van der Waals surface area contributed by atoms with Crippen molar-refractivity contribution < 1.29 is 13.9 Å². The minimum atomic E-state index is -0.521. The van der Waals surface area contributed by atoms with Crippen LogP contribution in [-0.4, -0.2) is 37.9 Å². The Labute approximate surface area is 173 Å². The zero-order valence-corrected chi connectivity index (χ0v) is 16.4. The van der Waals surface area contributed by atoms with Gasteiger partial charge in [-0.1, -0.05) is 23.9 Å². The number of fused-ring (bicyclic) bond motifs is 1. The summed E-state index contributed by atoms with van der Waals surface area (Å²) in [5.74, 6) is 5.79. The number of thioether (sulfide) groups is 1. The highest BCUT2D eigenvalue weighted by Crippen LogP contribution is 2.25. The molecule has 0 aliphatic heterocycles. The van der Waals surface area contributed by atoms with E-state index in [9.17, 15) is 14.0 Å². The first-order valence-electron chi connectivity index (χ1n) is 8.67. The van der Waals surface area contributed by atoms with E-state index in [4.69, 9.17) is 10.6 Å². The van der Waals surface area contributed by atoms with E-state index < -0.39 is 11.8 Å². The van der Waals surface area contributed by atoms with Crippen molar-refractivity contribution in [2.45, 2.75) is 10.9 Å². The molecule has 0 radical (unpaired) electrons. The third-order valence-electron chi connectivity index (χ3n) is 4.29. The first-order valence-corrected chi connectivity index (χ1v) is 9.66. The lowest BCUT2D eigenvalue weighted by molar-refractivity contribution is 0.0601. The van der Waals surface area contributed by atoms with E-state index in [2.05, 4.69) is 20.2 Å². The Morgan fingerprint density at radius 2 is 2.07 bits per heavy atom. The number of nitrogens with zero attached hydrogens (tertiary/aromatic N) is 4. The molecule has 152 valence electrons. The van der Waals surface area contributed by atoms with Crippen LogP contribution < -0.4 is 11.4 Å². The smallest absolute Gasteiger partial charge is 0.337 e. The summed E-state index contributed by atoms with van der Waals surface area (Å²) in [5, 5.41) is 8.60. The number of nitrogens with two attached hydrogens (primary N) is 1. The van der Waals surface area contributed by atoms with Crippen LogP contribution in [-0.2, 0) is 10.5 Å². The maximum atomic E-state index is 14.0. The van der Waals surface area contributed by atoms with E-state index in [1.807, 2.05) is 0 Å². The SMILES string of the molecule is COC(=O)c1ccc2c(=O)[nH]c(CSc3nnc(-c4ccccc4F)n3N)nc2c1.